The number of likely N-dealkylation sites (N-methyl/N-ethyl adjacent to an activating group) is 1. The maximum absolute atomic E-state index is 10.9. The molecule has 1 unspecified atom stereocenters. The Morgan fingerprint density at radius 3 is 2.75 bits per heavy atom. The molecule has 1 aliphatic carbocycles. The van der Waals surface area contributed by atoms with Crippen molar-refractivity contribution in [3.8, 4) is 0 Å². The van der Waals surface area contributed by atoms with Crippen molar-refractivity contribution in [1.82, 2.24) is 5.32 Å². The van der Waals surface area contributed by atoms with Gasteiger partial charge < -0.3 is 5.32 Å². The van der Waals surface area contributed by atoms with Crippen molar-refractivity contribution in [2.75, 3.05) is 7.05 Å². The average molecular weight is 220 g/mol. The maximum atomic E-state index is 10.9. The van der Waals surface area contributed by atoms with Gasteiger partial charge in [0.1, 0.15) is 0 Å². The van der Waals surface area contributed by atoms with Crippen molar-refractivity contribution >= 4 is 5.69 Å². The molecule has 0 amide bonds. The molecule has 1 aromatic rings. The third kappa shape index (κ3) is 2.39. The Balaban J connectivity index is 2.15. The summed E-state index contributed by atoms with van der Waals surface area (Å²) in [5.74, 6) is 0.699. The van der Waals surface area contributed by atoms with Crippen LogP contribution in [0.2, 0.25) is 0 Å². The second-order valence-electron chi connectivity index (χ2n) is 4.32. The first-order chi connectivity index (χ1) is 7.72. The van der Waals surface area contributed by atoms with Crippen molar-refractivity contribution in [2.45, 2.75) is 25.3 Å². The standard InChI is InChI=1S/C12H16N2O2/c1-13-11(9-6-7-9)8-10-4-2-3-5-12(10)14(15)16/h2-5,9,11,13H,6-8H2,1H3. The van der Waals surface area contributed by atoms with E-state index in [2.05, 4.69) is 5.32 Å². The van der Waals surface area contributed by atoms with Crippen molar-refractivity contribution in [3.63, 3.8) is 0 Å². The van der Waals surface area contributed by atoms with Gasteiger partial charge in [-0.3, -0.25) is 10.1 Å². The summed E-state index contributed by atoms with van der Waals surface area (Å²) in [4.78, 5) is 10.6. The van der Waals surface area contributed by atoms with E-state index >= 15 is 0 Å². The van der Waals surface area contributed by atoms with Crippen LogP contribution in [-0.4, -0.2) is 18.0 Å². The quantitative estimate of drug-likeness (QED) is 0.611. The van der Waals surface area contributed by atoms with Gasteiger partial charge in [0.2, 0.25) is 0 Å². The Hall–Kier alpha value is -1.42. The zero-order valence-electron chi connectivity index (χ0n) is 9.35. The van der Waals surface area contributed by atoms with Crippen LogP contribution in [0.25, 0.3) is 0 Å². The molecule has 0 aliphatic heterocycles. The molecule has 1 saturated carbocycles. The van der Waals surface area contributed by atoms with Crippen LogP contribution in [0.1, 0.15) is 18.4 Å². The number of benzene rings is 1. The minimum Gasteiger partial charge on any atom is -0.316 e. The van der Waals surface area contributed by atoms with Crippen LogP contribution in [0.4, 0.5) is 5.69 Å². The van der Waals surface area contributed by atoms with E-state index in [-0.39, 0.29) is 10.6 Å². The van der Waals surface area contributed by atoms with Crippen LogP contribution >= 0.6 is 0 Å². The predicted molar refractivity (Wildman–Crippen MR) is 62.4 cm³/mol. The molecule has 0 heterocycles. The van der Waals surface area contributed by atoms with E-state index < -0.39 is 0 Å². The normalized spacial score (nSPS) is 17.1. The number of nitro groups is 1. The van der Waals surface area contributed by atoms with Gasteiger partial charge in [0.05, 0.1) is 4.92 Å². The lowest BCUT2D eigenvalue weighted by Crippen LogP contribution is -2.29. The molecule has 1 atom stereocenters. The summed E-state index contributed by atoms with van der Waals surface area (Å²) < 4.78 is 0. The topological polar surface area (TPSA) is 55.2 Å². The smallest absolute Gasteiger partial charge is 0.272 e. The number of nitrogens with zero attached hydrogens (tertiary/aromatic N) is 1. The van der Waals surface area contributed by atoms with Crippen LogP contribution in [0, 0.1) is 16.0 Å². The van der Waals surface area contributed by atoms with Gasteiger partial charge in [0.15, 0.2) is 0 Å². The van der Waals surface area contributed by atoms with E-state index in [9.17, 15) is 10.1 Å². The Kier molecular flexibility index (Phi) is 3.19. The molecular formula is C12H16N2O2. The highest BCUT2D eigenvalue weighted by molar-refractivity contribution is 5.40. The zero-order valence-corrected chi connectivity index (χ0v) is 9.35. The first-order valence-electron chi connectivity index (χ1n) is 5.62. The lowest BCUT2D eigenvalue weighted by molar-refractivity contribution is -0.385. The summed E-state index contributed by atoms with van der Waals surface area (Å²) in [5.41, 5.74) is 1.07. The van der Waals surface area contributed by atoms with Gasteiger partial charge in [-0.1, -0.05) is 18.2 Å². The lowest BCUT2D eigenvalue weighted by Gasteiger charge is -2.15. The van der Waals surface area contributed by atoms with E-state index in [0.29, 0.717) is 12.0 Å². The highest BCUT2D eigenvalue weighted by Gasteiger charge is 2.31. The summed E-state index contributed by atoms with van der Waals surface area (Å²) in [6.45, 7) is 0. The molecular weight excluding hydrogens is 204 g/mol. The molecule has 4 heteroatoms. The second kappa shape index (κ2) is 4.61. The fraction of sp³-hybridized carbons (Fsp3) is 0.500. The molecule has 1 aromatic carbocycles. The summed E-state index contributed by atoms with van der Waals surface area (Å²) >= 11 is 0. The van der Waals surface area contributed by atoms with E-state index in [0.717, 1.165) is 12.0 Å². The van der Waals surface area contributed by atoms with Crippen LogP contribution in [-0.2, 0) is 6.42 Å². The zero-order chi connectivity index (χ0) is 11.5. The largest absolute Gasteiger partial charge is 0.316 e. The van der Waals surface area contributed by atoms with Crippen LogP contribution in [0.5, 0.6) is 0 Å². The number of nitrogens with one attached hydrogen (secondary N) is 1. The minimum absolute atomic E-state index is 0.239. The van der Waals surface area contributed by atoms with Gasteiger partial charge >= 0.3 is 0 Å². The Labute approximate surface area is 94.8 Å². The van der Waals surface area contributed by atoms with Crippen molar-refractivity contribution in [1.29, 1.82) is 0 Å². The van der Waals surface area contributed by atoms with Crippen LogP contribution in [0.15, 0.2) is 24.3 Å². The van der Waals surface area contributed by atoms with Crippen molar-refractivity contribution < 1.29 is 4.92 Å². The molecule has 1 aliphatic rings. The molecule has 86 valence electrons. The molecule has 0 radical (unpaired) electrons. The molecule has 4 nitrogen and oxygen atoms in total. The first-order valence-corrected chi connectivity index (χ1v) is 5.62. The number of rotatable bonds is 5. The van der Waals surface area contributed by atoms with E-state index in [4.69, 9.17) is 0 Å². The molecule has 2 rings (SSSR count). The fourth-order valence-corrected chi connectivity index (χ4v) is 2.10. The van der Waals surface area contributed by atoms with E-state index in [1.54, 1.807) is 12.1 Å². The number of nitro benzene ring substituents is 1. The number of hydrogen-bond acceptors (Lipinski definition) is 3. The fourth-order valence-electron chi connectivity index (χ4n) is 2.10. The highest BCUT2D eigenvalue weighted by Crippen LogP contribution is 2.34. The monoisotopic (exact) mass is 220 g/mol. The van der Waals surface area contributed by atoms with Gasteiger partial charge in [0.25, 0.3) is 5.69 Å². The average Bonchev–Trinajstić information content (AvgIpc) is 3.10. The Bertz CT molecular complexity index is 388. The van der Waals surface area contributed by atoms with Gasteiger partial charge in [-0.2, -0.15) is 0 Å². The molecule has 0 bridgehead atoms. The summed E-state index contributed by atoms with van der Waals surface area (Å²) in [6, 6.07) is 7.38. The maximum Gasteiger partial charge on any atom is 0.272 e. The second-order valence-corrected chi connectivity index (χ2v) is 4.32. The van der Waals surface area contributed by atoms with Crippen LogP contribution in [0.3, 0.4) is 0 Å². The molecule has 0 spiro atoms. The lowest BCUT2D eigenvalue weighted by atomic mass is 10.0. The van der Waals surface area contributed by atoms with Crippen molar-refractivity contribution in [2.24, 2.45) is 5.92 Å². The van der Waals surface area contributed by atoms with Gasteiger partial charge in [-0.05, 0) is 32.2 Å². The summed E-state index contributed by atoms with van der Waals surface area (Å²) in [6.07, 6.45) is 3.23. The van der Waals surface area contributed by atoms with Gasteiger partial charge in [-0.25, -0.2) is 0 Å². The Morgan fingerprint density at radius 1 is 1.50 bits per heavy atom. The minimum atomic E-state index is -0.297. The number of para-hydroxylation sites is 1. The van der Waals surface area contributed by atoms with Gasteiger partial charge in [-0.15, -0.1) is 0 Å². The van der Waals surface area contributed by atoms with Crippen LogP contribution < -0.4 is 5.32 Å². The van der Waals surface area contributed by atoms with Gasteiger partial charge in [0, 0.05) is 17.7 Å². The third-order valence-corrected chi connectivity index (χ3v) is 3.19. The SMILES string of the molecule is CNC(Cc1ccccc1[N+](=O)[O-])C1CC1. The van der Waals surface area contributed by atoms with E-state index in [1.165, 1.54) is 12.8 Å². The van der Waals surface area contributed by atoms with E-state index in [1.807, 2.05) is 19.2 Å². The molecule has 0 saturated heterocycles. The highest BCUT2D eigenvalue weighted by atomic mass is 16.6. The summed E-state index contributed by atoms with van der Waals surface area (Å²) in [7, 11) is 1.93. The number of hydrogen-bond donors (Lipinski definition) is 1. The predicted octanol–water partition coefficient (Wildman–Crippen LogP) is 2.14. The molecule has 16 heavy (non-hydrogen) atoms. The first kappa shape index (κ1) is 11.1. The summed E-state index contributed by atoms with van der Waals surface area (Å²) in [5, 5.41) is 14.1. The Morgan fingerprint density at radius 2 is 2.19 bits per heavy atom. The van der Waals surface area contributed by atoms with Crippen molar-refractivity contribution in [3.05, 3.63) is 39.9 Å². The third-order valence-electron chi connectivity index (χ3n) is 3.19. The molecule has 1 fully saturated rings. The molecule has 0 aromatic heterocycles. The molecule has 1 N–H and O–H groups in total.